The zero-order valence-electron chi connectivity index (χ0n) is 9.93. The number of hydrogen-bond donors (Lipinski definition) is 1. The number of nitrogens with two attached hydrogens (primary N) is 1. The van der Waals surface area contributed by atoms with E-state index in [0.29, 0.717) is 4.47 Å². The first-order valence-electron chi connectivity index (χ1n) is 5.31. The van der Waals surface area contributed by atoms with Gasteiger partial charge >= 0.3 is 5.69 Å². The van der Waals surface area contributed by atoms with Crippen LogP contribution in [0, 0.1) is 22.9 Å². The third-order valence-corrected chi connectivity index (χ3v) is 3.24. The molecule has 0 radical (unpaired) electrons. The molecule has 0 aliphatic rings. The van der Waals surface area contributed by atoms with Crippen molar-refractivity contribution >= 4 is 27.4 Å². The Hall–Kier alpha value is -1.96. The molecule has 0 saturated heterocycles. The molecule has 6 nitrogen and oxygen atoms in total. The standard InChI is InChI=1S/C11H10BrFN4O2/c1-6-10(17(18)19)11(14)16(15-6)5-7-2-3-9(13)8(12)4-7/h2-4H,5,14H2,1H3. The van der Waals surface area contributed by atoms with Crippen LogP contribution in [0.15, 0.2) is 22.7 Å². The third-order valence-electron chi connectivity index (χ3n) is 2.63. The first kappa shape index (κ1) is 13.5. The van der Waals surface area contributed by atoms with Crippen molar-refractivity contribution in [1.29, 1.82) is 0 Å². The summed E-state index contributed by atoms with van der Waals surface area (Å²) < 4.78 is 14.8. The van der Waals surface area contributed by atoms with Crippen molar-refractivity contribution in [1.82, 2.24) is 9.78 Å². The van der Waals surface area contributed by atoms with Crippen LogP contribution < -0.4 is 5.73 Å². The van der Waals surface area contributed by atoms with E-state index in [2.05, 4.69) is 21.0 Å². The lowest BCUT2D eigenvalue weighted by atomic mass is 10.2. The Bertz CT molecular complexity index is 656. The summed E-state index contributed by atoms with van der Waals surface area (Å²) in [5.74, 6) is -0.387. The molecule has 19 heavy (non-hydrogen) atoms. The lowest BCUT2D eigenvalue weighted by Gasteiger charge is -2.04. The van der Waals surface area contributed by atoms with Gasteiger partial charge in [-0.25, -0.2) is 9.07 Å². The van der Waals surface area contributed by atoms with Gasteiger partial charge in [-0.1, -0.05) is 6.07 Å². The van der Waals surface area contributed by atoms with Crippen molar-refractivity contribution in [3.8, 4) is 0 Å². The lowest BCUT2D eigenvalue weighted by molar-refractivity contribution is -0.384. The van der Waals surface area contributed by atoms with Gasteiger partial charge < -0.3 is 5.73 Å². The van der Waals surface area contributed by atoms with Crippen molar-refractivity contribution in [2.75, 3.05) is 5.73 Å². The number of benzene rings is 1. The summed E-state index contributed by atoms with van der Waals surface area (Å²) in [7, 11) is 0. The van der Waals surface area contributed by atoms with Gasteiger partial charge in [-0.3, -0.25) is 10.1 Å². The molecular formula is C11H10BrFN4O2. The van der Waals surface area contributed by atoms with Crippen LogP contribution in [0.3, 0.4) is 0 Å². The van der Waals surface area contributed by atoms with Gasteiger partial charge in [0.15, 0.2) is 0 Å². The maximum absolute atomic E-state index is 13.1. The van der Waals surface area contributed by atoms with Crippen LogP contribution in [0.2, 0.25) is 0 Å². The zero-order chi connectivity index (χ0) is 14.2. The van der Waals surface area contributed by atoms with E-state index in [1.165, 1.54) is 17.7 Å². The zero-order valence-corrected chi connectivity index (χ0v) is 11.5. The predicted molar refractivity (Wildman–Crippen MR) is 71.2 cm³/mol. The molecule has 2 N–H and O–H groups in total. The SMILES string of the molecule is Cc1nn(Cc2ccc(F)c(Br)c2)c(N)c1[N+](=O)[O-]. The smallest absolute Gasteiger partial charge is 0.333 e. The van der Waals surface area contributed by atoms with Crippen molar-refractivity contribution in [2.45, 2.75) is 13.5 Å². The van der Waals surface area contributed by atoms with Crippen LogP contribution >= 0.6 is 15.9 Å². The summed E-state index contributed by atoms with van der Waals surface area (Å²) in [4.78, 5) is 10.3. The van der Waals surface area contributed by atoms with Gasteiger partial charge in [-0.05, 0) is 40.5 Å². The molecule has 0 atom stereocenters. The van der Waals surface area contributed by atoms with Crippen molar-refractivity contribution in [3.05, 3.63) is 49.9 Å². The van der Waals surface area contributed by atoms with Crippen molar-refractivity contribution in [2.24, 2.45) is 0 Å². The highest BCUT2D eigenvalue weighted by Gasteiger charge is 2.22. The summed E-state index contributed by atoms with van der Waals surface area (Å²) in [6.07, 6.45) is 0. The van der Waals surface area contributed by atoms with Crippen molar-refractivity contribution in [3.63, 3.8) is 0 Å². The number of nitrogens with zero attached hydrogens (tertiary/aromatic N) is 3. The Morgan fingerprint density at radius 1 is 1.58 bits per heavy atom. The van der Waals surface area contributed by atoms with Crippen LogP contribution in [0.1, 0.15) is 11.3 Å². The number of hydrogen-bond acceptors (Lipinski definition) is 4. The molecule has 0 aliphatic heterocycles. The van der Waals surface area contributed by atoms with Crippen LogP contribution in [-0.2, 0) is 6.54 Å². The van der Waals surface area contributed by atoms with Crippen LogP contribution in [-0.4, -0.2) is 14.7 Å². The van der Waals surface area contributed by atoms with E-state index in [4.69, 9.17) is 5.73 Å². The monoisotopic (exact) mass is 328 g/mol. The maximum Gasteiger partial charge on any atom is 0.333 e. The van der Waals surface area contributed by atoms with Gasteiger partial charge in [-0.15, -0.1) is 0 Å². The molecule has 1 aromatic carbocycles. The summed E-state index contributed by atoms with van der Waals surface area (Å²) >= 11 is 3.08. The molecule has 100 valence electrons. The van der Waals surface area contributed by atoms with E-state index in [1.54, 1.807) is 12.1 Å². The van der Waals surface area contributed by atoms with Gasteiger partial charge in [0.05, 0.1) is 15.9 Å². The van der Waals surface area contributed by atoms with E-state index in [0.717, 1.165) is 5.56 Å². The van der Waals surface area contributed by atoms with Gasteiger partial charge in [0.2, 0.25) is 5.82 Å². The van der Waals surface area contributed by atoms with Gasteiger partial charge in [0, 0.05) is 0 Å². The maximum atomic E-state index is 13.1. The highest BCUT2D eigenvalue weighted by atomic mass is 79.9. The highest BCUT2D eigenvalue weighted by molar-refractivity contribution is 9.10. The highest BCUT2D eigenvalue weighted by Crippen LogP contribution is 2.26. The van der Waals surface area contributed by atoms with Crippen LogP contribution in [0.4, 0.5) is 15.9 Å². The molecule has 0 saturated carbocycles. The number of aryl methyl sites for hydroxylation is 1. The quantitative estimate of drug-likeness (QED) is 0.693. The molecule has 0 unspecified atom stereocenters. The molecule has 0 spiro atoms. The molecule has 0 aliphatic carbocycles. The van der Waals surface area contributed by atoms with E-state index in [-0.39, 0.29) is 29.6 Å². The first-order chi connectivity index (χ1) is 8.90. The normalized spacial score (nSPS) is 10.7. The minimum atomic E-state index is -0.561. The number of nitro groups is 1. The van der Waals surface area contributed by atoms with Crippen molar-refractivity contribution < 1.29 is 9.31 Å². The number of halogens is 2. The molecule has 2 aromatic rings. The molecule has 2 rings (SSSR count). The molecule has 1 heterocycles. The average molecular weight is 329 g/mol. The molecule has 1 aromatic heterocycles. The Balaban J connectivity index is 2.36. The Morgan fingerprint density at radius 2 is 2.26 bits per heavy atom. The lowest BCUT2D eigenvalue weighted by Crippen LogP contribution is -2.07. The number of anilines is 1. The Labute approximate surface area is 116 Å². The van der Waals surface area contributed by atoms with Gasteiger partial charge in [0.1, 0.15) is 11.5 Å². The fourth-order valence-corrected chi connectivity index (χ4v) is 2.17. The fourth-order valence-electron chi connectivity index (χ4n) is 1.75. The Morgan fingerprint density at radius 3 is 2.79 bits per heavy atom. The number of aromatic nitrogens is 2. The van der Waals surface area contributed by atoms with Gasteiger partial charge in [-0.2, -0.15) is 5.10 Å². The minimum Gasteiger partial charge on any atom is -0.378 e. The number of rotatable bonds is 3. The molecule has 8 heteroatoms. The van der Waals surface area contributed by atoms with Crippen LogP contribution in [0.25, 0.3) is 0 Å². The Kier molecular flexibility index (Phi) is 3.52. The largest absolute Gasteiger partial charge is 0.378 e. The van der Waals surface area contributed by atoms with Gasteiger partial charge in [0.25, 0.3) is 0 Å². The van der Waals surface area contributed by atoms with E-state index in [9.17, 15) is 14.5 Å². The summed E-state index contributed by atoms with van der Waals surface area (Å²) in [6.45, 7) is 1.75. The van der Waals surface area contributed by atoms with Crippen LogP contribution in [0.5, 0.6) is 0 Å². The number of nitrogen functional groups attached to an aromatic ring is 1. The second-order valence-electron chi connectivity index (χ2n) is 3.98. The van der Waals surface area contributed by atoms with E-state index in [1.807, 2.05) is 0 Å². The predicted octanol–water partition coefficient (Wildman–Crippen LogP) is 2.63. The average Bonchev–Trinajstić information content (AvgIpc) is 2.59. The second-order valence-corrected chi connectivity index (χ2v) is 4.84. The molecule has 0 bridgehead atoms. The molecule has 0 fully saturated rings. The topological polar surface area (TPSA) is 87.0 Å². The minimum absolute atomic E-state index is 0.0112. The molecular weight excluding hydrogens is 319 g/mol. The fraction of sp³-hybridized carbons (Fsp3) is 0.182. The summed E-state index contributed by atoms with van der Waals surface area (Å²) in [6, 6.07) is 4.46. The summed E-state index contributed by atoms with van der Waals surface area (Å²) in [5.41, 5.74) is 6.49. The summed E-state index contributed by atoms with van der Waals surface area (Å²) in [5, 5.41) is 14.8. The third kappa shape index (κ3) is 2.58. The molecule has 0 amide bonds. The first-order valence-corrected chi connectivity index (χ1v) is 6.10. The second kappa shape index (κ2) is 4.96. The van der Waals surface area contributed by atoms with E-state index >= 15 is 0 Å². The van der Waals surface area contributed by atoms with E-state index < -0.39 is 4.92 Å².